The highest BCUT2D eigenvalue weighted by molar-refractivity contribution is 7.80. The van der Waals surface area contributed by atoms with Crippen LogP contribution in [0, 0.1) is 6.92 Å². The minimum Gasteiger partial charge on any atom is -0.423 e. The fourth-order valence-electron chi connectivity index (χ4n) is 1.37. The van der Waals surface area contributed by atoms with Crippen LogP contribution < -0.4 is 10.5 Å². The lowest BCUT2D eigenvalue weighted by Crippen LogP contribution is -2.13. The smallest absolute Gasteiger partial charge is 0.322 e. The highest BCUT2D eigenvalue weighted by atomic mass is 35.5. The van der Waals surface area contributed by atoms with Crippen molar-refractivity contribution in [1.29, 1.82) is 0 Å². The van der Waals surface area contributed by atoms with Crippen LogP contribution in [0.15, 0.2) is 24.3 Å². The summed E-state index contributed by atoms with van der Waals surface area (Å²) in [5, 5.41) is 0.890. The van der Waals surface area contributed by atoms with Gasteiger partial charge in [-0.3, -0.25) is 0 Å². The van der Waals surface area contributed by atoms with Gasteiger partial charge in [-0.1, -0.05) is 35.4 Å². The van der Waals surface area contributed by atoms with Gasteiger partial charge >= 0.3 is 6.01 Å². The van der Waals surface area contributed by atoms with Crippen LogP contribution in [0.3, 0.4) is 0 Å². The van der Waals surface area contributed by atoms with Gasteiger partial charge in [0, 0.05) is 10.7 Å². The third-order valence-corrected chi connectivity index (χ3v) is 2.92. The maximum absolute atomic E-state index is 6.01. The van der Waals surface area contributed by atoms with Gasteiger partial charge in [0.15, 0.2) is 0 Å². The fraction of sp³-hybridized carbons (Fsp3) is 0.0833. The van der Waals surface area contributed by atoms with Crippen molar-refractivity contribution in [1.82, 2.24) is 9.97 Å². The van der Waals surface area contributed by atoms with Crippen molar-refractivity contribution >= 4 is 40.4 Å². The topological polar surface area (TPSA) is 61.0 Å². The molecule has 98 valence electrons. The van der Waals surface area contributed by atoms with Gasteiger partial charge in [0.25, 0.3) is 0 Å². The summed E-state index contributed by atoms with van der Waals surface area (Å²) < 4.78 is 5.51. The molecule has 4 nitrogen and oxygen atoms in total. The monoisotopic (exact) mass is 313 g/mol. The third kappa shape index (κ3) is 3.53. The molecule has 0 radical (unpaired) electrons. The molecule has 0 fully saturated rings. The molecule has 0 unspecified atom stereocenters. The molecule has 0 aliphatic heterocycles. The average Bonchev–Trinajstić information content (AvgIpc) is 2.32. The van der Waals surface area contributed by atoms with Gasteiger partial charge in [-0.15, -0.1) is 0 Å². The highest BCUT2D eigenvalue weighted by Gasteiger charge is 2.09. The first kappa shape index (κ1) is 14.0. The van der Waals surface area contributed by atoms with Crippen LogP contribution in [0.2, 0.25) is 10.0 Å². The van der Waals surface area contributed by atoms with Crippen molar-refractivity contribution < 1.29 is 4.74 Å². The minimum atomic E-state index is 0.132. The van der Waals surface area contributed by atoms with Crippen LogP contribution in [-0.2, 0) is 0 Å². The molecule has 0 amide bonds. The SMILES string of the molecule is Cc1cc(C(N)=S)nc(Oc2ccc(Cl)cc2Cl)n1. The van der Waals surface area contributed by atoms with E-state index in [9.17, 15) is 0 Å². The number of nitrogens with zero attached hydrogens (tertiary/aromatic N) is 2. The van der Waals surface area contributed by atoms with E-state index < -0.39 is 0 Å². The molecule has 1 heterocycles. The number of benzene rings is 1. The van der Waals surface area contributed by atoms with Crippen molar-refractivity contribution in [3.05, 3.63) is 45.7 Å². The largest absolute Gasteiger partial charge is 0.423 e. The normalized spacial score (nSPS) is 10.3. The summed E-state index contributed by atoms with van der Waals surface area (Å²) in [5.41, 5.74) is 6.68. The molecule has 0 saturated carbocycles. The van der Waals surface area contributed by atoms with Crippen LogP contribution in [0.4, 0.5) is 0 Å². The minimum absolute atomic E-state index is 0.132. The number of rotatable bonds is 3. The van der Waals surface area contributed by atoms with Gasteiger partial charge < -0.3 is 10.5 Å². The van der Waals surface area contributed by atoms with E-state index in [0.29, 0.717) is 27.2 Å². The molecular weight excluding hydrogens is 305 g/mol. The lowest BCUT2D eigenvalue weighted by Gasteiger charge is -2.08. The van der Waals surface area contributed by atoms with Crippen molar-refractivity contribution in [2.24, 2.45) is 5.73 Å². The number of ether oxygens (including phenoxy) is 1. The van der Waals surface area contributed by atoms with E-state index in [2.05, 4.69) is 9.97 Å². The molecule has 2 N–H and O–H groups in total. The average molecular weight is 314 g/mol. The maximum Gasteiger partial charge on any atom is 0.322 e. The summed E-state index contributed by atoms with van der Waals surface area (Å²) >= 11 is 16.7. The van der Waals surface area contributed by atoms with Crippen molar-refractivity contribution in [3.63, 3.8) is 0 Å². The Bertz CT molecular complexity index is 649. The van der Waals surface area contributed by atoms with Crippen LogP contribution >= 0.6 is 35.4 Å². The lowest BCUT2D eigenvalue weighted by molar-refractivity contribution is 0.440. The molecule has 1 aromatic carbocycles. The Hall–Kier alpha value is -1.43. The zero-order valence-corrected chi connectivity index (χ0v) is 12.2. The Kier molecular flexibility index (Phi) is 4.19. The molecule has 2 aromatic rings. The number of hydrogen-bond donors (Lipinski definition) is 1. The second-order valence-electron chi connectivity index (χ2n) is 3.72. The number of halogens is 2. The van der Waals surface area contributed by atoms with Crippen molar-refractivity contribution in [3.8, 4) is 11.8 Å². The fourth-order valence-corrected chi connectivity index (χ4v) is 1.92. The van der Waals surface area contributed by atoms with Crippen LogP contribution in [0.5, 0.6) is 11.8 Å². The van der Waals surface area contributed by atoms with Crippen molar-refractivity contribution in [2.75, 3.05) is 0 Å². The lowest BCUT2D eigenvalue weighted by atomic mass is 10.3. The highest BCUT2D eigenvalue weighted by Crippen LogP contribution is 2.30. The van der Waals surface area contributed by atoms with E-state index in [1.165, 1.54) is 0 Å². The van der Waals surface area contributed by atoms with E-state index in [-0.39, 0.29) is 11.0 Å². The molecule has 0 aliphatic rings. The molecule has 0 saturated heterocycles. The first-order valence-electron chi connectivity index (χ1n) is 5.24. The molecule has 2 rings (SSSR count). The van der Waals surface area contributed by atoms with Crippen LogP contribution in [0.1, 0.15) is 11.4 Å². The molecule has 0 spiro atoms. The predicted octanol–water partition coefficient (Wildman–Crippen LogP) is 3.52. The van der Waals surface area contributed by atoms with Gasteiger partial charge in [-0.25, -0.2) is 4.98 Å². The summed E-state index contributed by atoms with van der Waals surface area (Å²) in [6.45, 7) is 1.79. The maximum atomic E-state index is 6.01. The number of aryl methyl sites for hydroxylation is 1. The summed E-state index contributed by atoms with van der Waals surface area (Å²) in [6, 6.07) is 6.68. The number of hydrogen-bond acceptors (Lipinski definition) is 4. The molecule has 0 bridgehead atoms. The van der Waals surface area contributed by atoms with E-state index in [0.717, 1.165) is 0 Å². The summed E-state index contributed by atoms with van der Waals surface area (Å²) in [4.78, 5) is 8.41. The molecule has 0 aliphatic carbocycles. The Labute approximate surface area is 125 Å². The quantitative estimate of drug-likeness (QED) is 0.878. The molecular formula is C12H9Cl2N3OS. The molecule has 0 atom stereocenters. The van der Waals surface area contributed by atoms with E-state index in [1.54, 1.807) is 31.2 Å². The van der Waals surface area contributed by atoms with Gasteiger partial charge in [0.1, 0.15) is 16.4 Å². The van der Waals surface area contributed by atoms with E-state index >= 15 is 0 Å². The Morgan fingerprint density at radius 3 is 2.63 bits per heavy atom. The first-order valence-corrected chi connectivity index (χ1v) is 6.40. The van der Waals surface area contributed by atoms with Crippen LogP contribution in [-0.4, -0.2) is 15.0 Å². The predicted molar refractivity (Wildman–Crippen MR) is 79.2 cm³/mol. The molecule has 1 aromatic heterocycles. The van der Waals surface area contributed by atoms with Crippen molar-refractivity contribution in [2.45, 2.75) is 6.92 Å². The number of aromatic nitrogens is 2. The Balaban J connectivity index is 2.35. The summed E-state index contributed by atoms with van der Waals surface area (Å²) in [6.07, 6.45) is 0. The zero-order valence-electron chi connectivity index (χ0n) is 9.85. The van der Waals surface area contributed by atoms with Crippen LogP contribution in [0.25, 0.3) is 0 Å². The summed E-state index contributed by atoms with van der Waals surface area (Å²) in [5.74, 6) is 0.408. The van der Waals surface area contributed by atoms with E-state index in [1.807, 2.05) is 0 Å². The second-order valence-corrected chi connectivity index (χ2v) is 5.00. The molecule has 7 heteroatoms. The zero-order chi connectivity index (χ0) is 14.0. The summed E-state index contributed by atoms with van der Waals surface area (Å²) in [7, 11) is 0. The Morgan fingerprint density at radius 2 is 2.00 bits per heavy atom. The number of thiocarbonyl (C=S) groups is 1. The second kappa shape index (κ2) is 5.69. The number of nitrogens with two attached hydrogens (primary N) is 1. The van der Waals surface area contributed by atoms with Gasteiger partial charge in [0.05, 0.1) is 5.02 Å². The Morgan fingerprint density at radius 1 is 1.26 bits per heavy atom. The van der Waals surface area contributed by atoms with Gasteiger partial charge in [0.2, 0.25) is 0 Å². The standard InChI is InChI=1S/C12H9Cl2N3OS/c1-6-4-9(11(15)19)17-12(16-6)18-10-3-2-7(13)5-8(10)14/h2-5H,1H3,(H2,15,19). The first-order chi connectivity index (χ1) is 8.95. The molecule has 19 heavy (non-hydrogen) atoms. The van der Waals surface area contributed by atoms with Gasteiger partial charge in [-0.05, 0) is 31.2 Å². The van der Waals surface area contributed by atoms with Gasteiger partial charge in [-0.2, -0.15) is 4.98 Å². The van der Waals surface area contributed by atoms with E-state index in [4.69, 9.17) is 45.9 Å². The third-order valence-electron chi connectivity index (χ3n) is 2.18.